The van der Waals surface area contributed by atoms with E-state index in [2.05, 4.69) is 0 Å². The summed E-state index contributed by atoms with van der Waals surface area (Å²) < 4.78 is 29.5. The van der Waals surface area contributed by atoms with Gasteiger partial charge in [0.25, 0.3) is 0 Å². The van der Waals surface area contributed by atoms with Crippen LogP contribution in [0.3, 0.4) is 0 Å². The summed E-state index contributed by atoms with van der Waals surface area (Å²) in [5.74, 6) is 0.379. The minimum atomic E-state index is -3.93. The highest BCUT2D eigenvalue weighted by Gasteiger charge is 2.18. The number of aliphatic hydroxyl groups is 1. The minimum absolute atomic E-state index is 0.0680. The lowest BCUT2D eigenvalue weighted by atomic mass is 10.1. The highest BCUT2D eigenvalue weighted by Crippen LogP contribution is 2.25. The van der Waals surface area contributed by atoms with E-state index in [1.807, 2.05) is 6.92 Å². The van der Waals surface area contributed by atoms with Crippen LogP contribution in [0.2, 0.25) is 0 Å². The van der Waals surface area contributed by atoms with Crippen molar-refractivity contribution in [3.8, 4) is 5.75 Å². The third-order valence-corrected chi connectivity index (χ3v) is 4.52. The Hall–Kier alpha value is -1.56. The van der Waals surface area contributed by atoms with Crippen LogP contribution in [0.5, 0.6) is 5.75 Å². The van der Waals surface area contributed by atoms with Crippen molar-refractivity contribution >= 4 is 21.7 Å². The van der Waals surface area contributed by atoms with E-state index in [0.29, 0.717) is 5.56 Å². The molecule has 2 rings (SSSR count). The van der Waals surface area contributed by atoms with Crippen LogP contribution in [0.4, 0.5) is 0 Å². The molecule has 0 fully saturated rings. The molecule has 1 N–H and O–H groups in total. The lowest BCUT2D eigenvalue weighted by Crippen LogP contribution is -2.11. The molecule has 0 aliphatic rings. The number of hydrogen-bond donors (Lipinski definition) is 1. The first-order chi connectivity index (χ1) is 9.96. The maximum atomic E-state index is 12.2. The van der Waals surface area contributed by atoms with Crippen molar-refractivity contribution in [1.29, 1.82) is 0 Å². The number of aryl methyl sites for hydroxylation is 1. The zero-order chi connectivity index (χ0) is 15.5. The molecule has 0 radical (unpaired) electrons. The molecule has 0 unspecified atom stereocenters. The third kappa shape index (κ3) is 3.75. The Balaban J connectivity index is 2.34. The van der Waals surface area contributed by atoms with Gasteiger partial charge in [-0.1, -0.05) is 23.8 Å². The smallest absolute Gasteiger partial charge is 0.339 e. The van der Waals surface area contributed by atoms with Crippen molar-refractivity contribution < 1.29 is 17.7 Å². The minimum Gasteiger partial charge on any atom is -0.392 e. The summed E-state index contributed by atoms with van der Waals surface area (Å²) in [7, 11) is -3.93. The average Bonchev–Trinajstić information content (AvgIpc) is 2.47. The second-order valence-corrected chi connectivity index (χ2v) is 6.40. The maximum absolute atomic E-state index is 12.2. The molecule has 0 heterocycles. The standard InChI is InChI=1S/C15H15ClO4S/c1-11-2-5-14(6-3-11)21(18,19)20-15-7-4-12(9-16)8-13(15)10-17/h2-8,17H,9-10H2,1H3. The summed E-state index contributed by atoms with van der Waals surface area (Å²) >= 11 is 5.71. The first-order valence-corrected chi connectivity index (χ1v) is 8.20. The van der Waals surface area contributed by atoms with E-state index in [9.17, 15) is 13.5 Å². The van der Waals surface area contributed by atoms with Crippen LogP contribution in [0.25, 0.3) is 0 Å². The molecule has 0 aliphatic heterocycles. The summed E-state index contributed by atoms with van der Waals surface area (Å²) in [6, 6.07) is 11.1. The molecule has 0 saturated carbocycles. The van der Waals surface area contributed by atoms with Gasteiger partial charge in [0.05, 0.1) is 6.61 Å². The van der Waals surface area contributed by atoms with Gasteiger partial charge in [-0.25, -0.2) is 0 Å². The summed E-state index contributed by atoms with van der Waals surface area (Å²) in [6.45, 7) is 1.54. The Morgan fingerprint density at radius 2 is 1.81 bits per heavy atom. The molecule has 0 aliphatic carbocycles. The second-order valence-electron chi connectivity index (χ2n) is 4.58. The molecule has 4 nitrogen and oxygen atoms in total. The molecule has 21 heavy (non-hydrogen) atoms. The van der Waals surface area contributed by atoms with Crippen LogP contribution in [0, 0.1) is 6.92 Å². The first-order valence-electron chi connectivity index (χ1n) is 6.26. The number of rotatable bonds is 5. The van der Waals surface area contributed by atoms with Gasteiger partial charge in [0.15, 0.2) is 0 Å². The molecule has 0 amide bonds. The molecule has 2 aromatic carbocycles. The van der Waals surface area contributed by atoms with Crippen molar-refractivity contribution in [2.24, 2.45) is 0 Å². The van der Waals surface area contributed by atoms with Crippen LogP contribution < -0.4 is 4.18 Å². The molecule has 0 bridgehead atoms. The van der Waals surface area contributed by atoms with Gasteiger partial charge < -0.3 is 9.29 Å². The van der Waals surface area contributed by atoms with E-state index in [4.69, 9.17) is 15.8 Å². The molecule has 0 aromatic heterocycles. The van der Waals surface area contributed by atoms with Crippen molar-refractivity contribution in [2.75, 3.05) is 0 Å². The molecular formula is C15H15ClO4S. The van der Waals surface area contributed by atoms with Crippen LogP contribution in [0.1, 0.15) is 16.7 Å². The van der Waals surface area contributed by atoms with Crippen molar-refractivity contribution in [3.63, 3.8) is 0 Å². The molecule has 6 heteroatoms. The third-order valence-electron chi connectivity index (χ3n) is 2.96. The van der Waals surface area contributed by atoms with Crippen LogP contribution in [-0.4, -0.2) is 13.5 Å². The first kappa shape index (κ1) is 15.8. The summed E-state index contributed by atoms with van der Waals surface area (Å²) in [4.78, 5) is 0.0680. The lowest BCUT2D eigenvalue weighted by molar-refractivity contribution is 0.278. The molecular weight excluding hydrogens is 312 g/mol. The van der Waals surface area contributed by atoms with Gasteiger partial charge in [-0.3, -0.25) is 0 Å². The highest BCUT2D eigenvalue weighted by molar-refractivity contribution is 7.87. The Kier molecular flexibility index (Phi) is 4.88. The van der Waals surface area contributed by atoms with E-state index in [-0.39, 0.29) is 23.1 Å². The lowest BCUT2D eigenvalue weighted by Gasteiger charge is -2.11. The van der Waals surface area contributed by atoms with E-state index >= 15 is 0 Å². The van der Waals surface area contributed by atoms with Gasteiger partial charge >= 0.3 is 10.1 Å². The molecule has 0 atom stereocenters. The van der Waals surface area contributed by atoms with Gasteiger partial charge in [0, 0.05) is 11.4 Å². The van der Waals surface area contributed by atoms with E-state index < -0.39 is 10.1 Å². The Labute approximate surface area is 129 Å². The normalized spacial score (nSPS) is 11.4. The van der Waals surface area contributed by atoms with Gasteiger partial charge in [-0.2, -0.15) is 8.42 Å². The summed E-state index contributed by atoms with van der Waals surface area (Å²) in [6.07, 6.45) is 0. The van der Waals surface area contributed by atoms with E-state index in [1.54, 1.807) is 24.3 Å². The van der Waals surface area contributed by atoms with Crippen molar-refractivity contribution in [3.05, 3.63) is 59.2 Å². The van der Waals surface area contributed by atoms with Gasteiger partial charge in [-0.15, -0.1) is 11.6 Å². The Morgan fingerprint density at radius 3 is 2.38 bits per heavy atom. The highest BCUT2D eigenvalue weighted by atomic mass is 35.5. The summed E-state index contributed by atoms with van der Waals surface area (Å²) in [5.41, 5.74) is 2.11. The number of alkyl halides is 1. The van der Waals surface area contributed by atoms with Crippen LogP contribution >= 0.6 is 11.6 Å². The molecule has 112 valence electrons. The topological polar surface area (TPSA) is 63.6 Å². The largest absolute Gasteiger partial charge is 0.392 e. The Morgan fingerprint density at radius 1 is 1.14 bits per heavy atom. The fourth-order valence-corrected chi connectivity index (χ4v) is 2.92. The SMILES string of the molecule is Cc1ccc(S(=O)(=O)Oc2ccc(CCl)cc2CO)cc1. The maximum Gasteiger partial charge on any atom is 0.339 e. The zero-order valence-electron chi connectivity index (χ0n) is 11.4. The van der Waals surface area contributed by atoms with Crippen molar-refractivity contribution in [1.82, 2.24) is 0 Å². The predicted octanol–water partition coefficient (Wildman–Crippen LogP) is 2.99. The predicted molar refractivity (Wildman–Crippen MR) is 80.9 cm³/mol. The zero-order valence-corrected chi connectivity index (χ0v) is 13.0. The number of hydrogen-bond acceptors (Lipinski definition) is 4. The average molecular weight is 327 g/mol. The van der Waals surface area contributed by atoms with Crippen molar-refractivity contribution in [2.45, 2.75) is 24.3 Å². The van der Waals surface area contributed by atoms with Gasteiger partial charge in [0.2, 0.25) is 0 Å². The van der Waals surface area contributed by atoms with Gasteiger partial charge in [0.1, 0.15) is 10.6 Å². The van der Waals surface area contributed by atoms with Crippen LogP contribution in [-0.2, 0) is 22.6 Å². The van der Waals surface area contributed by atoms with E-state index in [0.717, 1.165) is 11.1 Å². The number of halogens is 1. The number of benzene rings is 2. The molecule has 0 spiro atoms. The quantitative estimate of drug-likeness (QED) is 0.677. The molecule has 0 saturated heterocycles. The second kappa shape index (κ2) is 6.47. The Bertz CT molecular complexity index is 724. The fraction of sp³-hybridized carbons (Fsp3) is 0.200. The van der Waals surface area contributed by atoms with Gasteiger partial charge in [-0.05, 0) is 36.8 Å². The summed E-state index contributed by atoms with van der Waals surface area (Å²) in [5, 5.41) is 9.32. The molecule has 2 aromatic rings. The van der Waals surface area contributed by atoms with Crippen LogP contribution in [0.15, 0.2) is 47.4 Å². The number of aliphatic hydroxyl groups excluding tert-OH is 1. The van der Waals surface area contributed by atoms with E-state index in [1.165, 1.54) is 18.2 Å². The fourth-order valence-electron chi connectivity index (χ4n) is 1.79. The monoisotopic (exact) mass is 326 g/mol.